The number of benzene rings is 4. The number of amides is 4. The molecule has 5 rings (SSSR count). The largest absolute Gasteiger partial charge is 0.493 e. The van der Waals surface area contributed by atoms with E-state index in [1.165, 1.54) is 30.9 Å². The molecule has 4 aromatic rings. The van der Waals surface area contributed by atoms with Crippen LogP contribution < -0.4 is 25.0 Å². The van der Waals surface area contributed by atoms with E-state index >= 15 is 0 Å². The van der Waals surface area contributed by atoms with E-state index in [0.717, 1.165) is 16.0 Å². The second kappa shape index (κ2) is 14.2. The number of carbonyl (C=O) groups excluding carboxylic acids is 4. The van der Waals surface area contributed by atoms with E-state index < -0.39 is 17.1 Å². The van der Waals surface area contributed by atoms with Crippen molar-refractivity contribution in [3.63, 3.8) is 0 Å². The zero-order valence-corrected chi connectivity index (χ0v) is 26.6. The standard InChI is InChI=1S/C36H33N3O6S/c1-22-9-8-10-23(2)33(22)39-32(40)21-31(36(39)43)46-27-16-14-26(15-17-27)37-35(42)28(38-34(41)25-11-6-5-7-12-25)19-24-13-18-29(44-3)30(20-24)45-4/h5-20,31H,21H2,1-4H3,(H,37,42)(H,38,41)/b28-19-. The number of anilines is 2. The van der Waals surface area contributed by atoms with Crippen molar-refractivity contribution < 1.29 is 28.7 Å². The number of hydrogen-bond acceptors (Lipinski definition) is 7. The SMILES string of the molecule is COc1ccc(/C=C(\NC(=O)c2ccccc2)C(=O)Nc2ccc(SC3CC(=O)N(c4c(C)cccc4C)C3=O)cc2)cc1OC. The Morgan fingerprint density at radius 1 is 0.848 bits per heavy atom. The third-order valence-corrected chi connectivity index (χ3v) is 8.60. The molecule has 0 aromatic heterocycles. The average molecular weight is 636 g/mol. The van der Waals surface area contributed by atoms with Gasteiger partial charge in [-0.05, 0) is 85.1 Å². The molecule has 1 atom stereocenters. The lowest BCUT2D eigenvalue weighted by Gasteiger charge is -2.19. The molecule has 0 radical (unpaired) electrons. The van der Waals surface area contributed by atoms with Crippen molar-refractivity contribution in [2.75, 3.05) is 24.4 Å². The van der Waals surface area contributed by atoms with E-state index in [9.17, 15) is 19.2 Å². The van der Waals surface area contributed by atoms with Crippen LogP contribution in [0.15, 0.2) is 102 Å². The van der Waals surface area contributed by atoms with Gasteiger partial charge in [0.2, 0.25) is 11.8 Å². The first-order chi connectivity index (χ1) is 22.2. The number of aryl methyl sites for hydroxylation is 2. The van der Waals surface area contributed by atoms with Crippen molar-refractivity contribution in [2.24, 2.45) is 0 Å². The van der Waals surface area contributed by atoms with Gasteiger partial charge in [0.15, 0.2) is 11.5 Å². The quantitative estimate of drug-likeness (QED) is 0.159. The number of methoxy groups -OCH3 is 2. The fourth-order valence-corrected chi connectivity index (χ4v) is 6.17. The van der Waals surface area contributed by atoms with E-state index in [0.29, 0.717) is 34.0 Å². The zero-order chi connectivity index (χ0) is 32.8. The van der Waals surface area contributed by atoms with Crippen molar-refractivity contribution in [1.29, 1.82) is 0 Å². The molecule has 1 saturated heterocycles. The van der Waals surface area contributed by atoms with Gasteiger partial charge >= 0.3 is 0 Å². The highest BCUT2D eigenvalue weighted by Gasteiger charge is 2.41. The van der Waals surface area contributed by atoms with Gasteiger partial charge in [-0.2, -0.15) is 0 Å². The van der Waals surface area contributed by atoms with Crippen LogP contribution in [-0.4, -0.2) is 43.1 Å². The van der Waals surface area contributed by atoms with Gasteiger partial charge in [-0.25, -0.2) is 4.90 Å². The highest BCUT2D eigenvalue weighted by Crippen LogP contribution is 2.37. The molecule has 4 aromatic carbocycles. The molecule has 2 N–H and O–H groups in total. The maximum absolute atomic E-state index is 13.5. The van der Waals surface area contributed by atoms with Crippen LogP contribution in [0.3, 0.4) is 0 Å². The highest BCUT2D eigenvalue weighted by molar-refractivity contribution is 8.00. The van der Waals surface area contributed by atoms with Crippen molar-refractivity contribution >= 4 is 52.8 Å². The lowest BCUT2D eigenvalue weighted by Crippen LogP contribution is -2.32. The van der Waals surface area contributed by atoms with Crippen molar-refractivity contribution in [1.82, 2.24) is 5.32 Å². The molecule has 1 aliphatic rings. The fraction of sp³-hybridized carbons (Fsp3) is 0.167. The second-order valence-electron chi connectivity index (χ2n) is 10.6. The van der Waals surface area contributed by atoms with Gasteiger partial charge < -0.3 is 20.1 Å². The maximum Gasteiger partial charge on any atom is 0.272 e. The lowest BCUT2D eigenvalue weighted by atomic mass is 10.1. The van der Waals surface area contributed by atoms with E-state index in [1.54, 1.807) is 78.9 Å². The molecule has 1 heterocycles. The van der Waals surface area contributed by atoms with Crippen LogP contribution >= 0.6 is 11.8 Å². The van der Waals surface area contributed by atoms with Crippen LogP contribution in [0.5, 0.6) is 11.5 Å². The molecular formula is C36H33N3O6S. The molecule has 10 heteroatoms. The van der Waals surface area contributed by atoms with Gasteiger partial charge in [0.1, 0.15) is 5.70 Å². The van der Waals surface area contributed by atoms with Crippen molar-refractivity contribution in [2.45, 2.75) is 30.4 Å². The molecule has 1 fully saturated rings. The Balaban J connectivity index is 1.32. The third kappa shape index (κ3) is 7.13. The monoisotopic (exact) mass is 635 g/mol. The summed E-state index contributed by atoms with van der Waals surface area (Å²) in [6.07, 6.45) is 1.65. The predicted octanol–water partition coefficient (Wildman–Crippen LogP) is 6.15. The Morgan fingerprint density at radius 2 is 1.52 bits per heavy atom. The maximum atomic E-state index is 13.5. The van der Waals surface area contributed by atoms with Crippen LogP contribution in [0.4, 0.5) is 11.4 Å². The van der Waals surface area contributed by atoms with E-state index in [4.69, 9.17) is 9.47 Å². The molecule has 0 spiro atoms. The Kier molecular flexibility index (Phi) is 9.88. The summed E-state index contributed by atoms with van der Waals surface area (Å²) in [5, 5.41) is 4.99. The number of thioether (sulfide) groups is 1. The first-order valence-corrected chi connectivity index (χ1v) is 15.4. The minimum absolute atomic E-state index is 0.0150. The lowest BCUT2D eigenvalue weighted by molar-refractivity contribution is -0.121. The zero-order valence-electron chi connectivity index (χ0n) is 25.8. The Morgan fingerprint density at radius 3 is 2.17 bits per heavy atom. The number of ether oxygens (including phenoxy) is 2. The molecule has 0 aliphatic carbocycles. The first kappa shape index (κ1) is 32.1. The van der Waals surface area contributed by atoms with Crippen molar-refractivity contribution in [3.05, 3.63) is 119 Å². The first-order valence-electron chi connectivity index (χ1n) is 14.5. The smallest absolute Gasteiger partial charge is 0.272 e. The molecule has 1 aliphatic heterocycles. The van der Waals surface area contributed by atoms with Crippen LogP contribution in [0.25, 0.3) is 6.08 Å². The number of hydrogen-bond donors (Lipinski definition) is 2. The van der Waals surface area contributed by atoms with E-state index in [-0.39, 0.29) is 23.9 Å². The summed E-state index contributed by atoms with van der Waals surface area (Å²) in [6, 6.07) is 26.4. The fourth-order valence-electron chi connectivity index (χ4n) is 5.12. The average Bonchev–Trinajstić information content (AvgIpc) is 3.33. The molecule has 1 unspecified atom stereocenters. The number of rotatable bonds is 10. The summed E-state index contributed by atoms with van der Waals surface area (Å²) in [7, 11) is 3.04. The van der Waals surface area contributed by atoms with Crippen LogP contribution in [0, 0.1) is 13.8 Å². The van der Waals surface area contributed by atoms with Crippen LogP contribution in [0.2, 0.25) is 0 Å². The van der Waals surface area contributed by atoms with Gasteiger partial charge in [-0.3, -0.25) is 19.2 Å². The number of imide groups is 1. The number of nitrogens with one attached hydrogen (secondary N) is 2. The van der Waals surface area contributed by atoms with Crippen LogP contribution in [0.1, 0.15) is 33.5 Å². The normalized spacial score (nSPS) is 14.7. The summed E-state index contributed by atoms with van der Waals surface area (Å²) in [5.41, 5.74) is 3.88. The van der Waals surface area contributed by atoms with Gasteiger partial charge in [0.25, 0.3) is 11.8 Å². The number of para-hydroxylation sites is 1. The molecule has 46 heavy (non-hydrogen) atoms. The second-order valence-corrected chi connectivity index (χ2v) is 11.9. The Bertz CT molecular complexity index is 1800. The predicted molar refractivity (Wildman–Crippen MR) is 179 cm³/mol. The van der Waals surface area contributed by atoms with Gasteiger partial charge in [-0.1, -0.05) is 42.5 Å². The highest BCUT2D eigenvalue weighted by atomic mass is 32.2. The topological polar surface area (TPSA) is 114 Å². The van der Waals surface area contributed by atoms with Crippen molar-refractivity contribution in [3.8, 4) is 11.5 Å². The van der Waals surface area contributed by atoms with Gasteiger partial charge in [0, 0.05) is 22.6 Å². The molecule has 4 amide bonds. The summed E-state index contributed by atoms with van der Waals surface area (Å²) in [4.78, 5) is 54.7. The summed E-state index contributed by atoms with van der Waals surface area (Å²) in [5.74, 6) is -0.462. The van der Waals surface area contributed by atoms with Gasteiger partial charge in [0.05, 0.1) is 25.2 Å². The minimum atomic E-state index is -0.559. The molecular weight excluding hydrogens is 602 g/mol. The van der Waals surface area contributed by atoms with E-state index in [2.05, 4.69) is 10.6 Å². The molecule has 0 bridgehead atoms. The van der Waals surface area contributed by atoms with E-state index in [1.807, 2.05) is 32.0 Å². The third-order valence-electron chi connectivity index (χ3n) is 7.41. The molecule has 9 nitrogen and oxygen atoms in total. The molecule has 234 valence electrons. The summed E-state index contributed by atoms with van der Waals surface area (Å²) >= 11 is 1.31. The summed E-state index contributed by atoms with van der Waals surface area (Å²) < 4.78 is 10.7. The van der Waals surface area contributed by atoms with Gasteiger partial charge in [-0.15, -0.1) is 11.8 Å². The Hall–Kier alpha value is -5.35. The molecule has 0 saturated carbocycles. The van der Waals surface area contributed by atoms with Crippen LogP contribution in [-0.2, 0) is 14.4 Å². The Labute approximate surface area is 271 Å². The summed E-state index contributed by atoms with van der Waals surface area (Å²) in [6.45, 7) is 3.77. The minimum Gasteiger partial charge on any atom is -0.493 e. The number of carbonyl (C=O) groups is 4. The number of nitrogens with zero attached hydrogens (tertiary/aromatic N) is 1.